The number of rotatable bonds is 6. The fraction of sp³-hybridized carbons (Fsp3) is 0.353. The van der Waals surface area contributed by atoms with E-state index in [-0.39, 0.29) is 0 Å². The molecule has 0 N–H and O–H groups in total. The minimum atomic E-state index is 0.413. The number of para-hydroxylation sites is 1. The molecule has 0 spiro atoms. The molecular formula is C17H19N3O2S. The zero-order chi connectivity index (χ0) is 16.4. The second-order valence-electron chi connectivity index (χ2n) is 5.31. The quantitative estimate of drug-likeness (QED) is 0.637. The molecule has 120 valence electrons. The predicted octanol–water partition coefficient (Wildman–Crippen LogP) is 4.18. The third kappa shape index (κ3) is 2.63. The van der Waals surface area contributed by atoms with Crippen LogP contribution in [0, 0.1) is 0 Å². The van der Waals surface area contributed by atoms with Crippen LogP contribution in [0.5, 0.6) is 5.75 Å². The monoisotopic (exact) mass is 329 g/mol. The van der Waals surface area contributed by atoms with Crippen molar-refractivity contribution in [3.05, 3.63) is 35.0 Å². The number of carbonyl (C=O) groups is 1. The highest BCUT2D eigenvalue weighted by atomic mass is 32.1. The summed E-state index contributed by atoms with van der Waals surface area (Å²) >= 11 is 1.55. The Labute approximate surface area is 138 Å². The molecule has 0 bridgehead atoms. The standard InChI is InChI=1S/C17H19N3O2S/c1-4-11(5-2)16-19-20-13(10-21)15(18-17(20)23-16)12-8-6-7-9-14(12)22-3/h6-11H,4-5H2,1-3H3. The molecular weight excluding hydrogens is 310 g/mol. The van der Waals surface area contributed by atoms with Gasteiger partial charge < -0.3 is 4.74 Å². The number of aldehydes is 1. The van der Waals surface area contributed by atoms with Crippen molar-refractivity contribution in [2.75, 3.05) is 7.11 Å². The van der Waals surface area contributed by atoms with Gasteiger partial charge in [-0.2, -0.15) is 9.61 Å². The average Bonchev–Trinajstić information content (AvgIpc) is 3.13. The Balaban J connectivity index is 2.16. The zero-order valence-electron chi connectivity index (χ0n) is 13.4. The molecule has 2 heterocycles. The van der Waals surface area contributed by atoms with Gasteiger partial charge in [-0.1, -0.05) is 37.3 Å². The van der Waals surface area contributed by atoms with Gasteiger partial charge in [-0.15, -0.1) is 0 Å². The first-order valence-corrected chi connectivity index (χ1v) is 8.53. The summed E-state index contributed by atoms with van der Waals surface area (Å²) in [6.45, 7) is 4.30. The maximum atomic E-state index is 11.7. The topological polar surface area (TPSA) is 56.5 Å². The number of benzene rings is 1. The molecule has 0 atom stereocenters. The summed E-state index contributed by atoms with van der Waals surface area (Å²) in [5.41, 5.74) is 1.89. The molecule has 3 rings (SSSR count). The summed E-state index contributed by atoms with van der Waals surface area (Å²) in [4.78, 5) is 17.0. The van der Waals surface area contributed by atoms with Gasteiger partial charge in [0.1, 0.15) is 22.1 Å². The van der Waals surface area contributed by atoms with E-state index in [1.54, 1.807) is 23.0 Å². The van der Waals surface area contributed by atoms with Gasteiger partial charge in [0.05, 0.1) is 7.11 Å². The molecule has 3 aromatic rings. The van der Waals surface area contributed by atoms with Gasteiger partial charge in [-0.05, 0) is 25.0 Å². The lowest BCUT2D eigenvalue weighted by Crippen LogP contribution is -1.99. The molecule has 0 fully saturated rings. The molecule has 6 heteroatoms. The molecule has 0 radical (unpaired) electrons. The van der Waals surface area contributed by atoms with Crippen LogP contribution in [0.25, 0.3) is 16.2 Å². The van der Waals surface area contributed by atoms with Crippen molar-refractivity contribution < 1.29 is 9.53 Å². The van der Waals surface area contributed by atoms with E-state index in [0.29, 0.717) is 23.1 Å². The van der Waals surface area contributed by atoms with Crippen LogP contribution in [0.4, 0.5) is 0 Å². The molecule has 0 aliphatic carbocycles. The maximum Gasteiger partial charge on any atom is 0.213 e. The number of fused-ring (bicyclic) bond motifs is 1. The van der Waals surface area contributed by atoms with E-state index in [1.807, 2.05) is 24.3 Å². The first-order chi connectivity index (χ1) is 11.2. The van der Waals surface area contributed by atoms with Gasteiger partial charge in [0.2, 0.25) is 4.96 Å². The molecule has 5 nitrogen and oxygen atoms in total. The smallest absolute Gasteiger partial charge is 0.213 e. The lowest BCUT2D eigenvalue weighted by Gasteiger charge is -2.07. The minimum absolute atomic E-state index is 0.413. The van der Waals surface area contributed by atoms with Crippen LogP contribution < -0.4 is 4.74 Å². The van der Waals surface area contributed by atoms with Crippen LogP contribution >= 0.6 is 11.3 Å². The lowest BCUT2D eigenvalue weighted by atomic mass is 10.1. The Bertz CT molecular complexity index is 834. The van der Waals surface area contributed by atoms with Gasteiger partial charge >= 0.3 is 0 Å². The molecule has 0 aliphatic rings. The highest BCUT2D eigenvalue weighted by Gasteiger charge is 2.21. The van der Waals surface area contributed by atoms with Crippen molar-refractivity contribution >= 4 is 22.6 Å². The van der Waals surface area contributed by atoms with Crippen molar-refractivity contribution in [2.45, 2.75) is 32.6 Å². The maximum absolute atomic E-state index is 11.7. The Hall–Kier alpha value is -2.21. The minimum Gasteiger partial charge on any atom is -0.496 e. The second-order valence-corrected chi connectivity index (χ2v) is 6.30. The Morgan fingerprint density at radius 2 is 2.04 bits per heavy atom. The Kier molecular flexibility index (Phi) is 4.43. The SMILES string of the molecule is CCC(CC)c1nn2c(C=O)c(-c3ccccc3OC)nc2s1. The van der Waals surface area contributed by atoms with Crippen molar-refractivity contribution in [1.82, 2.24) is 14.6 Å². The third-order valence-electron chi connectivity index (χ3n) is 4.06. The summed E-state index contributed by atoms with van der Waals surface area (Å²) in [6, 6.07) is 7.56. The first kappa shape index (κ1) is 15.7. The number of imidazole rings is 1. The van der Waals surface area contributed by atoms with Gasteiger partial charge in [0, 0.05) is 11.5 Å². The molecule has 1 aromatic carbocycles. The normalized spacial score (nSPS) is 11.3. The second kappa shape index (κ2) is 6.50. The average molecular weight is 329 g/mol. The van der Waals surface area contributed by atoms with E-state index >= 15 is 0 Å². The fourth-order valence-corrected chi connectivity index (χ4v) is 3.90. The van der Waals surface area contributed by atoms with E-state index in [0.717, 1.165) is 34.7 Å². The van der Waals surface area contributed by atoms with E-state index in [4.69, 9.17) is 4.74 Å². The van der Waals surface area contributed by atoms with E-state index in [9.17, 15) is 4.79 Å². The molecule has 0 saturated carbocycles. The van der Waals surface area contributed by atoms with E-state index < -0.39 is 0 Å². The van der Waals surface area contributed by atoms with Crippen LogP contribution in [0.2, 0.25) is 0 Å². The van der Waals surface area contributed by atoms with Gasteiger partial charge in [0.15, 0.2) is 6.29 Å². The van der Waals surface area contributed by atoms with Crippen molar-refractivity contribution in [3.8, 4) is 17.0 Å². The van der Waals surface area contributed by atoms with Crippen LogP contribution in [-0.2, 0) is 0 Å². The Morgan fingerprint density at radius 1 is 1.30 bits per heavy atom. The van der Waals surface area contributed by atoms with E-state index in [1.165, 1.54) is 0 Å². The number of hydrogen-bond donors (Lipinski definition) is 0. The first-order valence-electron chi connectivity index (χ1n) is 7.71. The van der Waals surface area contributed by atoms with Crippen molar-refractivity contribution in [3.63, 3.8) is 0 Å². The van der Waals surface area contributed by atoms with Crippen LogP contribution in [0.1, 0.15) is 48.1 Å². The number of hydrogen-bond acceptors (Lipinski definition) is 5. The Morgan fingerprint density at radius 3 is 2.70 bits per heavy atom. The highest BCUT2D eigenvalue weighted by molar-refractivity contribution is 7.16. The number of methoxy groups -OCH3 is 1. The largest absolute Gasteiger partial charge is 0.496 e. The third-order valence-corrected chi connectivity index (χ3v) is 5.13. The van der Waals surface area contributed by atoms with Crippen molar-refractivity contribution in [2.24, 2.45) is 0 Å². The summed E-state index contributed by atoms with van der Waals surface area (Å²) < 4.78 is 7.05. The predicted molar refractivity (Wildman–Crippen MR) is 91.6 cm³/mol. The van der Waals surface area contributed by atoms with Gasteiger partial charge in [0.25, 0.3) is 0 Å². The van der Waals surface area contributed by atoms with Gasteiger partial charge in [-0.25, -0.2) is 4.98 Å². The van der Waals surface area contributed by atoms with Crippen LogP contribution in [0.15, 0.2) is 24.3 Å². The van der Waals surface area contributed by atoms with Crippen LogP contribution in [0.3, 0.4) is 0 Å². The number of ether oxygens (including phenoxy) is 1. The van der Waals surface area contributed by atoms with Crippen molar-refractivity contribution in [1.29, 1.82) is 0 Å². The highest BCUT2D eigenvalue weighted by Crippen LogP contribution is 2.34. The van der Waals surface area contributed by atoms with Crippen LogP contribution in [-0.4, -0.2) is 28.0 Å². The number of aromatic nitrogens is 3. The molecule has 2 aromatic heterocycles. The van der Waals surface area contributed by atoms with E-state index in [2.05, 4.69) is 23.9 Å². The zero-order valence-corrected chi connectivity index (χ0v) is 14.3. The molecule has 0 amide bonds. The number of carbonyl (C=O) groups excluding carboxylic acids is 1. The molecule has 0 aliphatic heterocycles. The molecule has 23 heavy (non-hydrogen) atoms. The molecule has 0 saturated heterocycles. The van der Waals surface area contributed by atoms with Gasteiger partial charge in [-0.3, -0.25) is 4.79 Å². The summed E-state index contributed by atoms with van der Waals surface area (Å²) in [6.07, 6.45) is 2.88. The summed E-state index contributed by atoms with van der Waals surface area (Å²) in [7, 11) is 1.61. The summed E-state index contributed by atoms with van der Waals surface area (Å²) in [5.74, 6) is 1.11. The lowest BCUT2D eigenvalue weighted by molar-refractivity contribution is 0.111. The molecule has 0 unspecified atom stereocenters. The number of nitrogens with zero attached hydrogens (tertiary/aromatic N) is 3. The summed E-state index contributed by atoms with van der Waals surface area (Å²) in [5, 5.41) is 5.66. The fourth-order valence-electron chi connectivity index (χ4n) is 2.73.